The number of ether oxygens (including phenoxy) is 3. The second-order valence-electron chi connectivity index (χ2n) is 5.17. The molecule has 2 aromatic rings. The predicted molar refractivity (Wildman–Crippen MR) is 93.5 cm³/mol. The smallest absolute Gasteiger partial charge is 0.224 e. The molecule has 0 aromatic heterocycles. The maximum absolute atomic E-state index is 12.1. The van der Waals surface area contributed by atoms with Gasteiger partial charge in [0.25, 0.3) is 0 Å². The lowest BCUT2D eigenvalue weighted by Crippen LogP contribution is -2.13. The molecule has 1 N–H and O–H groups in total. The number of methoxy groups -OCH3 is 1. The summed E-state index contributed by atoms with van der Waals surface area (Å²) in [6, 6.07) is 16.9. The van der Waals surface area contributed by atoms with Gasteiger partial charge in [-0.25, -0.2) is 0 Å². The van der Waals surface area contributed by atoms with Crippen LogP contribution in [0, 0.1) is 0 Å². The molecule has 0 heterocycles. The number of hydrogen-bond acceptors (Lipinski definition) is 4. The highest BCUT2D eigenvalue weighted by molar-refractivity contribution is 5.92. The molecule has 5 heteroatoms. The lowest BCUT2D eigenvalue weighted by atomic mass is 10.2. The van der Waals surface area contributed by atoms with Gasteiger partial charge in [-0.3, -0.25) is 4.79 Å². The molecule has 24 heavy (non-hydrogen) atoms. The van der Waals surface area contributed by atoms with Crippen LogP contribution < -0.4 is 10.1 Å². The molecule has 0 saturated heterocycles. The number of anilines is 1. The molecule has 0 saturated carbocycles. The van der Waals surface area contributed by atoms with Crippen molar-refractivity contribution in [3.8, 4) is 11.5 Å². The fourth-order valence-electron chi connectivity index (χ4n) is 2.07. The fraction of sp³-hybridized carbons (Fsp3) is 0.316. The van der Waals surface area contributed by atoms with E-state index in [1.807, 2.05) is 54.6 Å². The molecule has 0 radical (unpaired) electrons. The first-order valence-corrected chi connectivity index (χ1v) is 7.98. The first-order valence-electron chi connectivity index (χ1n) is 7.98. The minimum absolute atomic E-state index is 0.0607. The zero-order chi connectivity index (χ0) is 17.0. The summed E-state index contributed by atoms with van der Waals surface area (Å²) >= 11 is 0. The van der Waals surface area contributed by atoms with Crippen LogP contribution in [-0.2, 0) is 14.3 Å². The molecule has 0 aliphatic rings. The molecule has 0 unspecified atom stereocenters. The summed E-state index contributed by atoms with van der Waals surface area (Å²) in [6.07, 6.45) is 1.06. The second kappa shape index (κ2) is 10.4. The van der Waals surface area contributed by atoms with Gasteiger partial charge in [-0.1, -0.05) is 30.3 Å². The Kier molecular flexibility index (Phi) is 7.80. The number of para-hydroxylation sites is 3. The van der Waals surface area contributed by atoms with Crippen molar-refractivity contribution in [3.05, 3.63) is 54.6 Å². The molecule has 2 aromatic carbocycles. The Morgan fingerprint density at radius 2 is 1.71 bits per heavy atom. The summed E-state index contributed by atoms with van der Waals surface area (Å²) in [5.41, 5.74) is 0.659. The quantitative estimate of drug-likeness (QED) is 0.673. The number of amides is 1. The summed E-state index contributed by atoms with van der Waals surface area (Å²) in [5.74, 6) is 1.29. The third-order valence-electron chi connectivity index (χ3n) is 3.26. The summed E-state index contributed by atoms with van der Waals surface area (Å²) < 4.78 is 16.1. The Bertz CT molecular complexity index is 616. The number of benzene rings is 2. The van der Waals surface area contributed by atoms with Gasteiger partial charge in [0.05, 0.1) is 18.9 Å². The Balaban J connectivity index is 1.82. The van der Waals surface area contributed by atoms with Crippen LogP contribution in [0.2, 0.25) is 0 Å². The van der Waals surface area contributed by atoms with E-state index < -0.39 is 0 Å². The van der Waals surface area contributed by atoms with Gasteiger partial charge in [-0.2, -0.15) is 0 Å². The van der Waals surface area contributed by atoms with Crippen molar-refractivity contribution in [2.75, 3.05) is 32.2 Å². The van der Waals surface area contributed by atoms with Crippen molar-refractivity contribution in [3.63, 3.8) is 0 Å². The summed E-state index contributed by atoms with van der Waals surface area (Å²) in [5, 5.41) is 2.89. The Labute approximate surface area is 142 Å². The zero-order valence-corrected chi connectivity index (χ0v) is 13.9. The lowest BCUT2D eigenvalue weighted by molar-refractivity contribution is -0.116. The summed E-state index contributed by atoms with van der Waals surface area (Å²) in [6.45, 7) is 1.65. The Hall–Kier alpha value is -2.37. The van der Waals surface area contributed by atoms with Crippen LogP contribution in [-0.4, -0.2) is 32.8 Å². The van der Waals surface area contributed by atoms with E-state index >= 15 is 0 Å². The van der Waals surface area contributed by atoms with Crippen molar-refractivity contribution in [1.29, 1.82) is 0 Å². The third kappa shape index (κ3) is 6.40. The molecule has 0 fully saturated rings. The van der Waals surface area contributed by atoms with Crippen LogP contribution in [0.3, 0.4) is 0 Å². The monoisotopic (exact) mass is 329 g/mol. The molecule has 0 bridgehead atoms. The second-order valence-corrected chi connectivity index (χ2v) is 5.17. The summed E-state index contributed by atoms with van der Waals surface area (Å²) in [4.78, 5) is 12.1. The van der Waals surface area contributed by atoms with Crippen LogP contribution in [0.5, 0.6) is 11.5 Å². The van der Waals surface area contributed by atoms with Crippen LogP contribution in [0.15, 0.2) is 54.6 Å². The van der Waals surface area contributed by atoms with Crippen molar-refractivity contribution < 1.29 is 19.0 Å². The van der Waals surface area contributed by atoms with E-state index in [0.29, 0.717) is 44.1 Å². The highest BCUT2D eigenvalue weighted by Gasteiger charge is 2.08. The van der Waals surface area contributed by atoms with Crippen molar-refractivity contribution in [2.45, 2.75) is 12.8 Å². The molecule has 5 nitrogen and oxygen atoms in total. The van der Waals surface area contributed by atoms with E-state index in [1.165, 1.54) is 0 Å². The van der Waals surface area contributed by atoms with Gasteiger partial charge in [-0.05, 0) is 30.7 Å². The normalized spacial score (nSPS) is 10.4. The third-order valence-corrected chi connectivity index (χ3v) is 3.26. The molecule has 1 amide bonds. The number of carbonyl (C=O) groups is 1. The lowest BCUT2D eigenvalue weighted by Gasteiger charge is -2.12. The van der Waals surface area contributed by atoms with E-state index in [9.17, 15) is 4.79 Å². The molecule has 0 spiro atoms. The largest absolute Gasteiger partial charge is 0.455 e. The van der Waals surface area contributed by atoms with E-state index in [0.717, 1.165) is 5.75 Å². The van der Waals surface area contributed by atoms with Gasteiger partial charge in [0.15, 0.2) is 5.75 Å². The Morgan fingerprint density at radius 3 is 2.50 bits per heavy atom. The zero-order valence-electron chi connectivity index (χ0n) is 13.9. The maximum atomic E-state index is 12.1. The highest BCUT2D eigenvalue weighted by atomic mass is 16.5. The molecular weight excluding hydrogens is 306 g/mol. The van der Waals surface area contributed by atoms with Crippen LogP contribution in [0.25, 0.3) is 0 Å². The van der Waals surface area contributed by atoms with Gasteiger partial charge >= 0.3 is 0 Å². The Morgan fingerprint density at radius 1 is 0.958 bits per heavy atom. The SMILES string of the molecule is COCCOCCCC(=O)Nc1ccccc1Oc1ccccc1. The van der Waals surface area contributed by atoms with Crippen molar-refractivity contribution >= 4 is 11.6 Å². The molecule has 0 aliphatic carbocycles. The van der Waals surface area contributed by atoms with Crippen LogP contribution in [0.1, 0.15) is 12.8 Å². The van der Waals surface area contributed by atoms with E-state index in [4.69, 9.17) is 14.2 Å². The molecule has 0 atom stereocenters. The summed E-state index contributed by atoms with van der Waals surface area (Å²) in [7, 11) is 1.63. The number of nitrogens with one attached hydrogen (secondary N) is 1. The van der Waals surface area contributed by atoms with Crippen LogP contribution in [0.4, 0.5) is 5.69 Å². The minimum atomic E-state index is -0.0607. The maximum Gasteiger partial charge on any atom is 0.224 e. The first kappa shape index (κ1) is 18.0. The van der Waals surface area contributed by atoms with Gasteiger partial charge in [0.2, 0.25) is 5.91 Å². The number of hydrogen-bond donors (Lipinski definition) is 1. The average Bonchev–Trinajstić information content (AvgIpc) is 2.61. The van der Waals surface area contributed by atoms with Crippen molar-refractivity contribution in [2.24, 2.45) is 0 Å². The van der Waals surface area contributed by atoms with Crippen molar-refractivity contribution in [1.82, 2.24) is 0 Å². The highest BCUT2D eigenvalue weighted by Crippen LogP contribution is 2.29. The van der Waals surface area contributed by atoms with E-state index in [1.54, 1.807) is 7.11 Å². The van der Waals surface area contributed by atoms with Gasteiger partial charge < -0.3 is 19.5 Å². The van der Waals surface area contributed by atoms with Gasteiger partial charge in [-0.15, -0.1) is 0 Å². The average molecular weight is 329 g/mol. The molecule has 0 aliphatic heterocycles. The van der Waals surface area contributed by atoms with Crippen LogP contribution >= 0.6 is 0 Å². The van der Waals surface area contributed by atoms with Gasteiger partial charge in [0.1, 0.15) is 5.75 Å². The van der Waals surface area contributed by atoms with E-state index in [-0.39, 0.29) is 5.91 Å². The van der Waals surface area contributed by atoms with E-state index in [2.05, 4.69) is 5.32 Å². The fourth-order valence-corrected chi connectivity index (χ4v) is 2.07. The molecule has 128 valence electrons. The number of rotatable bonds is 10. The number of carbonyl (C=O) groups excluding carboxylic acids is 1. The standard InChI is InChI=1S/C19H23NO4/c1-22-14-15-23-13-7-12-19(21)20-17-10-5-6-11-18(17)24-16-8-3-2-4-9-16/h2-6,8-11H,7,12-15H2,1H3,(H,20,21). The first-order chi connectivity index (χ1) is 11.8. The molecule has 2 rings (SSSR count). The van der Waals surface area contributed by atoms with Gasteiger partial charge in [0, 0.05) is 20.1 Å². The minimum Gasteiger partial charge on any atom is -0.455 e. The topological polar surface area (TPSA) is 56.8 Å². The molecular formula is C19H23NO4. The predicted octanol–water partition coefficient (Wildman–Crippen LogP) is 3.86.